The summed E-state index contributed by atoms with van der Waals surface area (Å²) in [5.41, 5.74) is 0.486. The molecule has 1 saturated heterocycles. The SMILES string of the molecule is COc1cccc(OC)c1C(=O)N1CCCC1C1CCCCC1O. The van der Waals surface area contributed by atoms with E-state index in [4.69, 9.17) is 9.47 Å². The maximum atomic E-state index is 13.3. The highest BCUT2D eigenvalue weighted by Crippen LogP contribution is 2.37. The summed E-state index contributed by atoms with van der Waals surface area (Å²) in [4.78, 5) is 15.2. The lowest BCUT2D eigenvalue weighted by molar-refractivity contribution is 0.0209. The fraction of sp³-hybridized carbons (Fsp3) is 0.632. The van der Waals surface area contributed by atoms with Gasteiger partial charge in [-0.25, -0.2) is 0 Å². The van der Waals surface area contributed by atoms with Crippen molar-refractivity contribution in [1.29, 1.82) is 0 Å². The summed E-state index contributed by atoms with van der Waals surface area (Å²) < 4.78 is 10.8. The van der Waals surface area contributed by atoms with Crippen LogP contribution in [0.4, 0.5) is 0 Å². The van der Waals surface area contributed by atoms with Crippen LogP contribution in [-0.4, -0.2) is 48.8 Å². The van der Waals surface area contributed by atoms with Crippen LogP contribution >= 0.6 is 0 Å². The summed E-state index contributed by atoms with van der Waals surface area (Å²) in [6, 6.07) is 5.51. The van der Waals surface area contributed by atoms with Crippen molar-refractivity contribution < 1.29 is 19.4 Å². The number of amides is 1. The molecular formula is C19H27NO4. The van der Waals surface area contributed by atoms with Crippen LogP contribution in [-0.2, 0) is 0 Å². The Kier molecular flexibility index (Phi) is 5.29. The smallest absolute Gasteiger partial charge is 0.261 e. The van der Waals surface area contributed by atoms with Crippen molar-refractivity contribution >= 4 is 5.91 Å². The Morgan fingerprint density at radius 3 is 2.38 bits per heavy atom. The highest BCUT2D eigenvalue weighted by Gasteiger charge is 2.40. The Morgan fingerprint density at radius 1 is 1.08 bits per heavy atom. The van der Waals surface area contributed by atoms with Crippen molar-refractivity contribution in [1.82, 2.24) is 4.90 Å². The first kappa shape index (κ1) is 17.1. The quantitative estimate of drug-likeness (QED) is 0.920. The number of hydrogen-bond donors (Lipinski definition) is 1. The largest absolute Gasteiger partial charge is 0.496 e. The van der Waals surface area contributed by atoms with E-state index in [9.17, 15) is 9.90 Å². The number of nitrogens with zero attached hydrogens (tertiary/aromatic N) is 1. The molecular weight excluding hydrogens is 306 g/mol. The molecule has 1 aromatic carbocycles. The second-order valence-electron chi connectivity index (χ2n) is 6.76. The molecule has 1 aliphatic heterocycles. The van der Waals surface area contributed by atoms with E-state index in [1.165, 1.54) is 0 Å². The van der Waals surface area contributed by atoms with Crippen LogP contribution in [0.15, 0.2) is 18.2 Å². The van der Waals surface area contributed by atoms with Crippen LogP contribution in [0.1, 0.15) is 48.9 Å². The highest BCUT2D eigenvalue weighted by molar-refractivity contribution is 6.00. The molecule has 0 radical (unpaired) electrons. The lowest BCUT2D eigenvalue weighted by Gasteiger charge is -2.37. The van der Waals surface area contributed by atoms with E-state index in [0.29, 0.717) is 17.1 Å². The number of hydrogen-bond acceptors (Lipinski definition) is 4. The van der Waals surface area contributed by atoms with Gasteiger partial charge in [0.1, 0.15) is 17.1 Å². The third-order valence-corrected chi connectivity index (χ3v) is 5.48. The van der Waals surface area contributed by atoms with Crippen LogP contribution in [0.5, 0.6) is 11.5 Å². The zero-order chi connectivity index (χ0) is 17.1. The Hall–Kier alpha value is -1.75. The van der Waals surface area contributed by atoms with Gasteiger partial charge in [-0.15, -0.1) is 0 Å². The molecule has 0 bridgehead atoms. The Balaban J connectivity index is 1.89. The van der Waals surface area contributed by atoms with Gasteiger partial charge >= 0.3 is 0 Å². The van der Waals surface area contributed by atoms with Crippen LogP contribution in [0.25, 0.3) is 0 Å². The molecule has 24 heavy (non-hydrogen) atoms. The van der Waals surface area contributed by atoms with Gasteiger partial charge in [-0.05, 0) is 37.8 Å². The molecule has 5 nitrogen and oxygen atoms in total. The highest BCUT2D eigenvalue weighted by atomic mass is 16.5. The van der Waals surface area contributed by atoms with Gasteiger partial charge in [0.25, 0.3) is 5.91 Å². The third kappa shape index (κ3) is 3.09. The van der Waals surface area contributed by atoms with E-state index in [2.05, 4.69) is 0 Å². The fourth-order valence-electron chi connectivity index (χ4n) is 4.28. The molecule has 3 unspecified atom stereocenters. The molecule has 132 valence electrons. The maximum absolute atomic E-state index is 13.3. The zero-order valence-electron chi connectivity index (χ0n) is 14.5. The minimum atomic E-state index is -0.295. The number of likely N-dealkylation sites (tertiary alicyclic amines) is 1. The van der Waals surface area contributed by atoms with Crippen molar-refractivity contribution in [3.63, 3.8) is 0 Å². The summed E-state index contributed by atoms with van der Waals surface area (Å²) in [5.74, 6) is 1.21. The first-order chi connectivity index (χ1) is 11.7. The molecule has 1 saturated carbocycles. The molecule has 5 heteroatoms. The predicted molar refractivity (Wildman–Crippen MR) is 91.6 cm³/mol. The van der Waals surface area contributed by atoms with E-state index >= 15 is 0 Å². The van der Waals surface area contributed by atoms with Crippen molar-refractivity contribution in [3.8, 4) is 11.5 Å². The summed E-state index contributed by atoms with van der Waals surface area (Å²) in [6.45, 7) is 0.730. The monoisotopic (exact) mass is 333 g/mol. The van der Waals surface area contributed by atoms with E-state index in [0.717, 1.165) is 45.1 Å². The fourth-order valence-corrected chi connectivity index (χ4v) is 4.28. The number of ether oxygens (including phenoxy) is 2. The number of benzene rings is 1. The molecule has 3 rings (SSSR count). The molecule has 1 aromatic rings. The summed E-state index contributed by atoms with van der Waals surface area (Å²) in [7, 11) is 3.13. The van der Waals surface area contributed by atoms with Crippen molar-refractivity contribution in [2.75, 3.05) is 20.8 Å². The van der Waals surface area contributed by atoms with E-state index < -0.39 is 0 Å². The van der Waals surface area contributed by atoms with Gasteiger partial charge in [0.15, 0.2) is 0 Å². The Bertz CT molecular complexity index is 566. The first-order valence-electron chi connectivity index (χ1n) is 8.87. The van der Waals surface area contributed by atoms with Crippen LogP contribution in [0.3, 0.4) is 0 Å². The van der Waals surface area contributed by atoms with Gasteiger partial charge in [-0.1, -0.05) is 18.9 Å². The number of carbonyl (C=O) groups is 1. The molecule has 3 atom stereocenters. The second-order valence-corrected chi connectivity index (χ2v) is 6.76. The molecule has 1 aliphatic carbocycles. The van der Waals surface area contributed by atoms with Gasteiger partial charge in [0.2, 0.25) is 0 Å². The van der Waals surface area contributed by atoms with Crippen molar-refractivity contribution in [2.45, 2.75) is 50.7 Å². The molecule has 1 amide bonds. The lowest BCUT2D eigenvalue weighted by Crippen LogP contribution is -2.45. The zero-order valence-corrected chi connectivity index (χ0v) is 14.5. The molecule has 2 fully saturated rings. The van der Waals surface area contributed by atoms with E-state index in [-0.39, 0.29) is 24.0 Å². The van der Waals surface area contributed by atoms with Crippen LogP contribution < -0.4 is 9.47 Å². The van der Waals surface area contributed by atoms with Crippen molar-refractivity contribution in [2.24, 2.45) is 5.92 Å². The summed E-state index contributed by atoms with van der Waals surface area (Å²) in [6.07, 6.45) is 5.72. The number of methoxy groups -OCH3 is 2. The van der Waals surface area contributed by atoms with Gasteiger partial charge in [0.05, 0.1) is 20.3 Å². The van der Waals surface area contributed by atoms with Crippen LogP contribution in [0, 0.1) is 5.92 Å². The average Bonchev–Trinajstić information content (AvgIpc) is 3.10. The van der Waals surface area contributed by atoms with E-state index in [1.54, 1.807) is 26.4 Å². The van der Waals surface area contributed by atoms with Gasteiger partial charge in [-0.2, -0.15) is 0 Å². The number of aliphatic hydroxyl groups excluding tert-OH is 1. The Labute approximate surface area is 143 Å². The first-order valence-corrected chi connectivity index (χ1v) is 8.87. The Morgan fingerprint density at radius 2 is 1.75 bits per heavy atom. The van der Waals surface area contributed by atoms with Gasteiger partial charge < -0.3 is 19.5 Å². The number of carbonyl (C=O) groups excluding carboxylic acids is 1. The van der Waals surface area contributed by atoms with Crippen molar-refractivity contribution in [3.05, 3.63) is 23.8 Å². The maximum Gasteiger partial charge on any atom is 0.261 e. The van der Waals surface area contributed by atoms with Crippen LogP contribution in [0.2, 0.25) is 0 Å². The summed E-state index contributed by atoms with van der Waals surface area (Å²) in [5, 5.41) is 10.4. The summed E-state index contributed by atoms with van der Waals surface area (Å²) >= 11 is 0. The number of rotatable bonds is 4. The minimum absolute atomic E-state index is 0.0513. The number of aliphatic hydroxyl groups is 1. The molecule has 0 aromatic heterocycles. The topological polar surface area (TPSA) is 59.0 Å². The molecule has 1 heterocycles. The lowest BCUT2D eigenvalue weighted by atomic mass is 9.80. The molecule has 2 aliphatic rings. The standard InChI is InChI=1S/C19H27NO4/c1-23-16-10-5-11-17(24-2)18(16)19(22)20-12-6-8-14(20)13-7-3-4-9-15(13)21/h5,10-11,13-15,21H,3-4,6-9,12H2,1-2H3. The normalized spacial score (nSPS) is 27.1. The molecule has 0 spiro atoms. The average molecular weight is 333 g/mol. The van der Waals surface area contributed by atoms with Gasteiger partial charge in [-0.3, -0.25) is 4.79 Å². The molecule has 1 N–H and O–H groups in total. The second kappa shape index (κ2) is 7.43. The minimum Gasteiger partial charge on any atom is -0.496 e. The van der Waals surface area contributed by atoms with Gasteiger partial charge in [0, 0.05) is 18.5 Å². The predicted octanol–water partition coefficient (Wildman–Crippen LogP) is 2.86. The van der Waals surface area contributed by atoms with E-state index in [1.807, 2.05) is 11.0 Å². The third-order valence-electron chi connectivity index (χ3n) is 5.48.